The third-order valence-corrected chi connectivity index (χ3v) is 11.4. The monoisotopic (exact) mass is 882 g/mol. The summed E-state index contributed by atoms with van der Waals surface area (Å²) in [7, 11) is 0. The van der Waals surface area contributed by atoms with Crippen molar-refractivity contribution in [3.63, 3.8) is 0 Å². The van der Waals surface area contributed by atoms with Crippen LogP contribution in [0.5, 0.6) is 0 Å². The zero-order chi connectivity index (χ0) is 44.5. The van der Waals surface area contributed by atoms with E-state index in [4.69, 9.17) is 42.6 Å². The third-order valence-electron chi connectivity index (χ3n) is 11.4. The van der Waals surface area contributed by atoms with Crippen LogP contribution in [0.2, 0.25) is 0 Å². The molecule has 0 radical (unpaired) electrons. The van der Waals surface area contributed by atoms with E-state index in [1.165, 1.54) is 0 Å². The van der Waals surface area contributed by atoms with E-state index in [1.54, 1.807) is 0 Å². The molecule has 2 N–H and O–H groups in total. The van der Waals surface area contributed by atoms with Crippen molar-refractivity contribution in [3.8, 4) is 0 Å². The van der Waals surface area contributed by atoms with Crippen LogP contribution < -0.4 is 0 Å². The Bertz CT molecular complexity index is 2210. The zero-order valence-electron chi connectivity index (χ0n) is 36.3. The summed E-state index contributed by atoms with van der Waals surface area (Å²) in [6.07, 6.45) is -10.4. The summed E-state index contributed by atoms with van der Waals surface area (Å²) in [5.41, 5.74) is 5.59. The van der Waals surface area contributed by atoms with Gasteiger partial charge < -0.3 is 52.8 Å². The Labute approximate surface area is 381 Å². The minimum Gasteiger partial charge on any atom is -0.387 e. The number of ether oxygens (including phenoxy) is 9. The average molecular weight is 883 g/mol. The average Bonchev–Trinajstić information content (AvgIpc) is 3.35. The molecule has 6 aromatic carbocycles. The van der Waals surface area contributed by atoms with Crippen LogP contribution in [-0.2, 0) is 82.3 Å². The van der Waals surface area contributed by atoms with E-state index >= 15 is 0 Å². The van der Waals surface area contributed by atoms with E-state index in [0.717, 1.165) is 33.4 Å². The lowest BCUT2D eigenvalue weighted by atomic mass is 9.96. The molecular weight excluding hydrogens is 825 g/mol. The van der Waals surface area contributed by atoms with Gasteiger partial charge in [-0.25, -0.2) is 0 Å². The summed E-state index contributed by atoms with van der Waals surface area (Å²) in [5, 5.41) is 24.0. The fourth-order valence-corrected chi connectivity index (χ4v) is 8.02. The highest BCUT2D eigenvalue weighted by Gasteiger charge is 2.53. The highest BCUT2D eigenvalue weighted by molar-refractivity contribution is 5.18. The van der Waals surface area contributed by atoms with Gasteiger partial charge in [0.1, 0.15) is 48.8 Å². The normalized spacial score (nSPS) is 25.6. The van der Waals surface area contributed by atoms with Gasteiger partial charge in [0.2, 0.25) is 0 Å². The van der Waals surface area contributed by atoms with Crippen molar-refractivity contribution in [2.45, 2.75) is 101 Å². The van der Waals surface area contributed by atoms with E-state index in [0.29, 0.717) is 6.61 Å². The molecule has 2 aliphatic heterocycles. The van der Waals surface area contributed by atoms with E-state index in [9.17, 15) is 10.2 Å². The minimum absolute atomic E-state index is 0.0206. The predicted octanol–water partition coefficient (Wildman–Crippen LogP) is 7.95. The van der Waals surface area contributed by atoms with Gasteiger partial charge in [-0.05, 0) is 33.4 Å². The molecule has 2 saturated heterocycles. The lowest BCUT2D eigenvalue weighted by Crippen LogP contribution is -2.66. The SMILES string of the molecule is OC1O[C@H](COCc2ccccc2)[C@@H](OC2O[C@H](COCc3ccccc3)[C@H](O)[C@H](OCc3ccccc3)[C@H]2OCc2ccccc2)[C@H](OCc2ccccc2)[C@H]1OCc1ccccc1. The van der Waals surface area contributed by atoms with Crippen LogP contribution in [0.1, 0.15) is 33.4 Å². The molecule has 6 aromatic rings. The van der Waals surface area contributed by atoms with Gasteiger partial charge in [-0.3, -0.25) is 0 Å². The molecule has 8 rings (SSSR count). The Morgan fingerprint density at radius 1 is 0.338 bits per heavy atom. The smallest absolute Gasteiger partial charge is 0.187 e. The third kappa shape index (κ3) is 13.5. The maximum absolute atomic E-state index is 12.2. The lowest BCUT2D eigenvalue weighted by Gasteiger charge is -2.49. The minimum atomic E-state index is -1.41. The number of aliphatic hydroxyl groups excluding tert-OH is 2. The fraction of sp³-hybridized carbons (Fsp3) is 0.333. The van der Waals surface area contributed by atoms with Crippen molar-refractivity contribution in [3.05, 3.63) is 215 Å². The van der Waals surface area contributed by atoms with Crippen molar-refractivity contribution in [1.82, 2.24) is 0 Å². The zero-order valence-corrected chi connectivity index (χ0v) is 36.3. The molecule has 0 amide bonds. The fourth-order valence-electron chi connectivity index (χ4n) is 8.02. The summed E-state index contributed by atoms with van der Waals surface area (Å²) in [6.45, 7) is 1.34. The van der Waals surface area contributed by atoms with E-state index in [1.807, 2.05) is 182 Å². The van der Waals surface area contributed by atoms with Crippen LogP contribution in [0.25, 0.3) is 0 Å². The van der Waals surface area contributed by atoms with Crippen LogP contribution in [0, 0.1) is 0 Å². The first-order valence-electron chi connectivity index (χ1n) is 22.3. The standard InChI is InChI=1S/C54H58O11/c55-47-45(37-57-31-39-19-7-1-8-20-39)64-54(52(62-36-44-29-17-6-18-30-44)49(47)59-33-41-23-11-3-12-24-41)65-48-46(38-58-32-40-21-9-2-10-22-40)63-53(56)51(61-35-43-27-15-5-16-28-43)50(48)60-34-42-25-13-4-14-26-42/h1-30,45-56H,31-38H2/t45-,46-,47+,48-,49+,50+,51-,52-,53?,54?/m1/s1. The van der Waals surface area contributed by atoms with Crippen LogP contribution in [0.15, 0.2) is 182 Å². The van der Waals surface area contributed by atoms with Gasteiger partial charge in [0, 0.05) is 0 Å². The number of hydrogen-bond donors (Lipinski definition) is 2. The summed E-state index contributed by atoms with van der Waals surface area (Å²) in [4.78, 5) is 0. The second-order valence-electron chi connectivity index (χ2n) is 16.2. The van der Waals surface area contributed by atoms with Crippen LogP contribution in [-0.4, -0.2) is 84.8 Å². The highest BCUT2D eigenvalue weighted by Crippen LogP contribution is 2.35. The topological polar surface area (TPSA) is 124 Å². The van der Waals surface area contributed by atoms with Gasteiger partial charge in [-0.1, -0.05) is 182 Å². The summed E-state index contributed by atoms with van der Waals surface area (Å²) >= 11 is 0. The first kappa shape index (κ1) is 46.4. The predicted molar refractivity (Wildman–Crippen MR) is 243 cm³/mol. The number of hydrogen-bond acceptors (Lipinski definition) is 11. The maximum Gasteiger partial charge on any atom is 0.187 e. The molecule has 0 aromatic heterocycles. The maximum atomic E-state index is 12.2. The van der Waals surface area contributed by atoms with Crippen molar-refractivity contribution in [2.75, 3.05) is 13.2 Å². The van der Waals surface area contributed by atoms with Crippen LogP contribution in [0.3, 0.4) is 0 Å². The van der Waals surface area contributed by atoms with Gasteiger partial charge in [0.25, 0.3) is 0 Å². The Hall–Kier alpha value is -5.12. The molecule has 0 saturated carbocycles. The molecular formula is C54H58O11. The first-order chi connectivity index (χ1) is 32.1. The van der Waals surface area contributed by atoms with Gasteiger partial charge in [0.15, 0.2) is 12.6 Å². The first-order valence-corrected chi connectivity index (χ1v) is 22.3. The van der Waals surface area contributed by atoms with Crippen molar-refractivity contribution in [2.24, 2.45) is 0 Å². The van der Waals surface area contributed by atoms with Crippen molar-refractivity contribution in [1.29, 1.82) is 0 Å². The lowest BCUT2D eigenvalue weighted by molar-refractivity contribution is -0.371. The summed E-state index contributed by atoms with van der Waals surface area (Å²) in [6, 6.07) is 58.6. The van der Waals surface area contributed by atoms with Gasteiger partial charge in [-0.2, -0.15) is 0 Å². The number of benzene rings is 6. The molecule has 0 spiro atoms. The molecule has 11 nitrogen and oxygen atoms in total. The number of aliphatic hydroxyl groups is 2. The summed E-state index contributed by atoms with van der Waals surface area (Å²) in [5.74, 6) is 0. The Kier molecular flexibility index (Phi) is 17.4. The summed E-state index contributed by atoms with van der Waals surface area (Å²) < 4.78 is 59.6. The molecule has 2 aliphatic rings. The molecule has 2 heterocycles. The van der Waals surface area contributed by atoms with Crippen molar-refractivity contribution < 1.29 is 52.8 Å². The van der Waals surface area contributed by atoms with Crippen LogP contribution in [0.4, 0.5) is 0 Å². The molecule has 2 fully saturated rings. The molecule has 0 bridgehead atoms. The molecule has 340 valence electrons. The van der Waals surface area contributed by atoms with Crippen molar-refractivity contribution >= 4 is 0 Å². The quantitative estimate of drug-likeness (QED) is 0.0691. The Balaban J connectivity index is 1.14. The second kappa shape index (κ2) is 24.4. The van der Waals surface area contributed by atoms with Gasteiger partial charge >= 0.3 is 0 Å². The highest BCUT2D eigenvalue weighted by atomic mass is 16.7. The molecule has 11 heteroatoms. The van der Waals surface area contributed by atoms with E-state index < -0.39 is 61.4 Å². The molecule has 0 aliphatic carbocycles. The largest absolute Gasteiger partial charge is 0.387 e. The Morgan fingerprint density at radius 2 is 0.677 bits per heavy atom. The molecule has 2 unspecified atom stereocenters. The second-order valence-corrected chi connectivity index (χ2v) is 16.2. The molecule has 10 atom stereocenters. The van der Waals surface area contributed by atoms with Gasteiger partial charge in [0.05, 0.1) is 52.9 Å². The van der Waals surface area contributed by atoms with E-state index in [-0.39, 0.29) is 46.2 Å². The number of rotatable bonds is 22. The van der Waals surface area contributed by atoms with Crippen LogP contribution >= 0.6 is 0 Å². The van der Waals surface area contributed by atoms with Gasteiger partial charge in [-0.15, -0.1) is 0 Å². The van der Waals surface area contributed by atoms with E-state index in [2.05, 4.69) is 0 Å². The Morgan fingerprint density at radius 3 is 1.09 bits per heavy atom. The molecule has 65 heavy (non-hydrogen) atoms.